The molecule has 1 atom stereocenters. The molecule has 0 heterocycles. The van der Waals surface area contributed by atoms with Crippen LogP contribution >= 0.6 is 11.6 Å². The Morgan fingerprint density at radius 3 is 2.31 bits per heavy atom. The first-order chi connectivity index (χ1) is 16.5. The van der Waals surface area contributed by atoms with Gasteiger partial charge in [-0.05, 0) is 37.5 Å². The molecule has 0 unspecified atom stereocenters. The SMILES string of the molecule is C=CC.CC(C)C[C@H](CC(N)=O)C(=O)NCC(=O)N(C)c1ccc(Cl)cc1C(=N)c1ccccc1. The predicted octanol–water partition coefficient (Wildman–Crippen LogP) is 4.57. The number of carbonyl (C=O) groups is 3. The minimum Gasteiger partial charge on any atom is -0.370 e. The Bertz CT molecular complexity index is 1040. The van der Waals surface area contributed by atoms with Gasteiger partial charge in [0.15, 0.2) is 0 Å². The molecule has 35 heavy (non-hydrogen) atoms. The van der Waals surface area contributed by atoms with Crippen LogP contribution in [0.5, 0.6) is 0 Å². The second-order valence-electron chi connectivity index (χ2n) is 8.48. The highest BCUT2D eigenvalue weighted by atomic mass is 35.5. The van der Waals surface area contributed by atoms with Crippen LogP contribution in [0.25, 0.3) is 0 Å². The molecule has 2 aromatic carbocycles. The van der Waals surface area contributed by atoms with Crippen LogP contribution < -0.4 is 16.0 Å². The van der Waals surface area contributed by atoms with Gasteiger partial charge in [-0.15, -0.1) is 6.58 Å². The van der Waals surface area contributed by atoms with Crippen molar-refractivity contribution in [1.82, 2.24) is 5.32 Å². The molecule has 0 saturated heterocycles. The molecule has 0 spiro atoms. The van der Waals surface area contributed by atoms with Crippen molar-refractivity contribution in [2.45, 2.75) is 33.6 Å². The van der Waals surface area contributed by atoms with Crippen molar-refractivity contribution in [2.75, 3.05) is 18.5 Å². The zero-order valence-electron chi connectivity index (χ0n) is 20.8. The number of primary amides is 1. The Kier molecular flexibility index (Phi) is 12.5. The van der Waals surface area contributed by atoms with E-state index >= 15 is 0 Å². The molecule has 0 bridgehead atoms. The second-order valence-corrected chi connectivity index (χ2v) is 8.91. The Morgan fingerprint density at radius 2 is 1.77 bits per heavy atom. The van der Waals surface area contributed by atoms with E-state index in [2.05, 4.69) is 11.9 Å². The second kappa shape index (κ2) is 14.7. The Morgan fingerprint density at radius 1 is 1.17 bits per heavy atom. The van der Waals surface area contributed by atoms with Crippen LogP contribution in [0.3, 0.4) is 0 Å². The summed E-state index contributed by atoms with van der Waals surface area (Å²) in [4.78, 5) is 38.1. The van der Waals surface area contributed by atoms with E-state index in [0.717, 1.165) is 0 Å². The molecule has 188 valence electrons. The number of allylic oxidation sites excluding steroid dienone is 1. The quantitative estimate of drug-likeness (QED) is 0.329. The largest absolute Gasteiger partial charge is 0.370 e. The summed E-state index contributed by atoms with van der Waals surface area (Å²) in [5, 5.41) is 11.7. The van der Waals surface area contributed by atoms with E-state index in [0.29, 0.717) is 28.3 Å². The highest BCUT2D eigenvalue weighted by Gasteiger charge is 2.24. The molecule has 0 aromatic heterocycles. The van der Waals surface area contributed by atoms with Gasteiger partial charge < -0.3 is 16.0 Å². The van der Waals surface area contributed by atoms with Gasteiger partial charge in [-0.3, -0.25) is 19.8 Å². The van der Waals surface area contributed by atoms with Gasteiger partial charge in [-0.1, -0.05) is 61.9 Å². The van der Waals surface area contributed by atoms with E-state index in [9.17, 15) is 14.4 Å². The minimum atomic E-state index is -0.581. The molecule has 0 aliphatic heterocycles. The van der Waals surface area contributed by atoms with Gasteiger partial charge in [0.2, 0.25) is 17.7 Å². The Labute approximate surface area is 212 Å². The average Bonchev–Trinajstić information content (AvgIpc) is 2.81. The first kappa shape index (κ1) is 29.6. The van der Waals surface area contributed by atoms with Crippen molar-refractivity contribution < 1.29 is 14.4 Å². The third-order valence-electron chi connectivity index (χ3n) is 5.01. The van der Waals surface area contributed by atoms with Crippen LogP contribution in [0.15, 0.2) is 61.2 Å². The van der Waals surface area contributed by atoms with Gasteiger partial charge in [0.05, 0.1) is 17.9 Å². The molecule has 0 aliphatic rings. The number of hydrogen-bond donors (Lipinski definition) is 3. The summed E-state index contributed by atoms with van der Waals surface area (Å²) in [6.45, 7) is 8.90. The summed E-state index contributed by atoms with van der Waals surface area (Å²) in [7, 11) is 1.58. The number of nitrogens with two attached hydrogens (primary N) is 1. The number of nitrogens with zero attached hydrogens (tertiary/aromatic N) is 1. The van der Waals surface area contributed by atoms with Crippen molar-refractivity contribution in [3.63, 3.8) is 0 Å². The summed E-state index contributed by atoms with van der Waals surface area (Å²) in [6, 6.07) is 14.1. The standard InChI is InChI=1S/C24H29ClN4O3.C3H6/c1-15(2)11-17(12-21(26)30)24(32)28-14-22(31)29(3)20-10-9-18(25)13-19(20)23(27)16-7-5-4-6-8-16;1-3-2/h4-10,13,15,17,27H,11-12,14H2,1-3H3,(H2,26,30)(H,28,32);3H,1H2,2H3/t17-;/m1./s1. The molecule has 0 aliphatic carbocycles. The van der Waals surface area contributed by atoms with Crippen molar-refractivity contribution in [1.29, 1.82) is 5.41 Å². The number of likely N-dealkylation sites (N-methyl/N-ethyl adjacent to an activating group) is 1. The van der Waals surface area contributed by atoms with Crippen molar-refractivity contribution in [3.05, 3.63) is 77.3 Å². The number of benzene rings is 2. The Hall–Kier alpha value is -3.45. The Balaban J connectivity index is 0.00000194. The number of rotatable bonds is 10. The van der Waals surface area contributed by atoms with Gasteiger partial charge in [0.1, 0.15) is 0 Å². The fraction of sp³-hybridized carbons (Fsp3) is 0.333. The first-order valence-electron chi connectivity index (χ1n) is 11.3. The predicted molar refractivity (Wildman–Crippen MR) is 143 cm³/mol. The van der Waals surface area contributed by atoms with Crippen LogP contribution in [-0.2, 0) is 14.4 Å². The lowest BCUT2D eigenvalue weighted by atomic mass is 9.93. The van der Waals surface area contributed by atoms with Gasteiger partial charge in [-0.2, -0.15) is 0 Å². The fourth-order valence-corrected chi connectivity index (χ4v) is 3.59. The van der Waals surface area contributed by atoms with Crippen LogP contribution in [-0.4, -0.2) is 37.0 Å². The molecule has 0 saturated carbocycles. The molecule has 8 heteroatoms. The molecule has 3 amide bonds. The van der Waals surface area contributed by atoms with E-state index < -0.39 is 11.8 Å². The number of nitrogens with one attached hydrogen (secondary N) is 2. The summed E-state index contributed by atoms with van der Waals surface area (Å²) in [6.07, 6.45) is 2.18. The van der Waals surface area contributed by atoms with E-state index in [1.165, 1.54) is 4.90 Å². The van der Waals surface area contributed by atoms with Gasteiger partial charge in [-0.25, -0.2) is 0 Å². The normalized spacial score (nSPS) is 11.0. The van der Waals surface area contributed by atoms with Crippen molar-refractivity contribution >= 4 is 40.7 Å². The molecule has 0 radical (unpaired) electrons. The number of halogens is 1. The summed E-state index contributed by atoms with van der Waals surface area (Å²) in [5.74, 6) is -1.69. The summed E-state index contributed by atoms with van der Waals surface area (Å²) in [5.41, 5.74) is 7.18. The topological polar surface area (TPSA) is 116 Å². The monoisotopic (exact) mass is 498 g/mol. The zero-order chi connectivity index (χ0) is 26.5. The lowest BCUT2D eigenvalue weighted by Crippen LogP contribution is -2.42. The highest BCUT2D eigenvalue weighted by Crippen LogP contribution is 2.26. The highest BCUT2D eigenvalue weighted by molar-refractivity contribution is 6.31. The molecular weight excluding hydrogens is 464 g/mol. The lowest BCUT2D eigenvalue weighted by Gasteiger charge is -2.23. The smallest absolute Gasteiger partial charge is 0.246 e. The van der Waals surface area contributed by atoms with E-state index in [-0.39, 0.29) is 36.4 Å². The van der Waals surface area contributed by atoms with Crippen molar-refractivity contribution in [3.8, 4) is 0 Å². The maximum Gasteiger partial charge on any atom is 0.246 e. The summed E-state index contributed by atoms with van der Waals surface area (Å²) >= 11 is 6.16. The molecule has 7 nitrogen and oxygen atoms in total. The minimum absolute atomic E-state index is 0.0659. The molecule has 2 aromatic rings. The number of amides is 3. The maximum atomic E-state index is 12.8. The van der Waals surface area contributed by atoms with Crippen molar-refractivity contribution in [2.24, 2.45) is 17.6 Å². The molecule has 4 N–H and O–H groups in total. The van der Waals surface area contributed by atoms with Gasteiger partial charge >= 0.3 is 0 Å². The third kappa shape index (κ3) is 9.74. The molecule has 0 fully saturated rings. The first-order valence-corrected chi connectivity index (χ1v) is 11.7. The van der Waals surface area contributed by atoms with E-state index in [1.54, 1.807) is 31.3 Å². The van der Waals surface area contributed by atoms with Crippen LogP contribution in [0.4, 0.5) is 5.69 Å². The third-order valence-corrected chi connectivity index (χ3v) is 5.25. The van der Waals surface area contributed by atoms with Crippen LogP contribution in [0.2, 0.25) is 5.02 Å². The fourth-order valence-electron chi connectivity index (χ4n) is 3.42. The lowest BCUT2D eigenvalue weighted by molar-refractivity contribution is -0.131. The number of carbonyl (C=O) groups excluding carboxylic acids is 3. The van der Waals surface area contributed by atoms with Gasteiger partial charge in [0.25, 0.3) is 0 Å². The van der Waals surface area contributed by atoms with E-state index in [4.69, 9.17) is 22.7 Å². The van der Waals surface area contributed by atoms with Gasteiger partial charge in [0, 0.05) is 35.5 Å². The average molecular weight is 499 g/mol. The number of hydrogen-bond acceptors (Lipinski definition) is 4. The van der Waals surface area contributed by atoms with E-state index in [1.807, 2.05) is 51.1 Å². The van der Waals surface area contributed by atoms with Crippen LogP contribution in [0.1, 0.15) is 44.7 Å². The summed E-state index contributed by atoms with van der Waals surface area (Å²) < 4.78 is 0. The zero-order valence-corrected chi connectivity index (χ0v) is 21.6. The molecule has 2 rings (SSSR count). The maximum absolute atomic E-state index is 12.8. The molecular formula is C27H35ClN4O3. The van der Waals surface area contributed by atoms with Crippen LogP contribution in [0, 0.1) is 17.2 Å². The number of anilines is 1.